The minimum absolute atomic E-state index is 0.0192. The summed E-state index contributed by atoms with van der Waals surface area (Å²) in [6.07, 6.45) is 0. The van der Waals surface area contributed by atoms with Crippen molar-refractivity contribution in [3.63, 3.8) is 0 Å². The number of benzene rings is 3. The van der Waals surface area contributed by atoms with Gasteiger partial charge in [0.15, 0.2) is 0 Å². The van der Waals surface area contributed by atoms with Crippen LogP contribution >= 0.6 is 11.8 Å². The number of hydrogen-bond donors (Lipinski definition) is 1. The van der Waals surface area contributed by atoms with Gasteiger partial charge in [0.05, 0.1) is 10.6 Å². The van der Waals surface area contributed by atoms with E-state index in [4.69, 9.17) is 0 Å². The highest BCUT2D eigenvalue weighted by Crippen LogP contribution is 2.34. The largest absolute Gasteiger partial charge is 0.278 e. The van der Waals surface area contributed by atoms with E-state index in [-0.39, 0.29) is 10.3 Å². The molecule has 0 aliphatic heterocycles. The van der Waals surface area contributed by atoms with Crippen LogP contribution in [0.1, 0.15) is 26.3 Å². The van der Waals surface area contributed by atoms with Gasteiger partial charge in [-0.3, -0.25) is 4.72 Å². The topological polar surface area (TPSA) is 46.2 Å². The van der Waals surface area contributed by atoms with Crippen molar-refractivity contribution in [2.24, 2.45) is 0 Å². The Kier molecular flexibility index (Phi) is 5.63. The lowest BCUT2D eigenvalue weighted by Crippen LogP contribution is -2.15. The summed E-state index contributed by atoms with van der Waals surface area (Å²) in [5, 5.41) is 0. The second-order valence-corrected chi connectivity index (χ2v) is 10.1. The molecule has 3 aromatic rings. The molecule has 0 radical (unpaired) electrons. The molecule has 0 saturated heterocycles. The summed E-state index contributed by atoms with van der Waals surface area (Å²) in [7, 11) is -3.65. The first kappa shape index (κ1) is 19.5. The van der Waals surface area contributed by atoms with E-state index in [0.717, 1.165) is 15.4 Å². The fourth-order valence-corrected chi connectivity index (χ4v) is 4.66. The molecule has 27 heavy (non-hydrogen) atoms. The van der Waals surface area contributed by atoms with Crippen LogP contribution in [0.2, 0.25) is 0 Å². The third-order valence-electron chi connectivity index (χ3n) is 4.13. The third-order valence-corrected chi connectivity index (χ3v) is 6.60. The van der Waals surface area contributed by atoms with Gasteiger partial charge in [0, 0.05) is 9.79 Å². The Hall–Kier alpha value is -2.24. The molecule has 3 aromatic carbocycles. The summed E-state index contributed by atoms with van der Waals surface area (Å²) in [6.45, 7) is 6.31. The van der Waals surface area contributed by atoms with Crippen molar-refractivity contribution in [1.82, 2.24) is 0 Å². The predicted octanol–water partition coefficient (Wildman–Crippen LogP) is 5.94. The molecule has 0 aliphatic carbocycles. The van der Waals surface area contributed by atoms with E-state index in [9.17, 15) is 8.42 Å². The lowest BCUT2D eigenvalue weighted by Gasteiger charge is -2.19. The fourth-order valence-electron chi connectivity index (χ4n) is 2.59. The molecule has 0 heterocycles. The summed E-state index contributed by atoms with van der Waals surface area (Å²) in [6, 6.07) is 24.4. The van der Waals surface area contributed by atoms with Crippen molar-refractivity contribution in [3.05, 3.63) is 84.4 Å². The lowest BCUT2D eigenvalue weighted by molar-refractivity contribution is 0.587. The molecule has 3 rings (SSSR count). The van der Waals surface area contributed by atoms with E-state index < -0.39 is 10.0 Å². The zero-order valence-corrected chi connectivity index (χ0v) is 17.3. The van der Waals surface area contributed by atoms with Crippen LogP contribution in [-0.4, -0.2) is 8.42 Å². The summed E-state index contributed by atoms with van der Waals surface area (Å²) in [4.78, 5) is 2.17. The number of anilines is 1. The Morgan fingerprint density at radius 1 is 0.778 bits per heavy atom. The zero-order chi connectivity index (χ0) is 19.5. The highest BCUT2D eigenvalue weighted by Gasteiger charge is 2.19. The van der Waals surface area contributed by atoms with Gasteiger partial charge < -0.3 is 0 Å². The molecule has 0 atom stereocenters. The van der Waals surface area contributed by atoms with Crippen molar-refractivity contribution in [3.8, 4) is 0 Å². The second kappa shape index (κ2) is 7.79. The van der Waals surface area contributed by atoms with E-state index in [1.54, 1.807) is 18.2 Å². The van der Waals surface area contributed by atoms with Crippen LogP contribution in [0.15, 0.2) is 93.5 Å². The molecular formula is C22H23NO2S2. The van der Waals surface area contributed by atoms with Crippen LogP contribution in [-0.2, 0) is 15.4 Å². The maximum atomic E-state index is 12.8. The maximum absolute atomic E-state index is 12.8. The second-order valence-electron chi connectivity index (χ2n) is 7.29. The average molecular weight is 398 g/mol. The highest BCUT2D eigenvalue weighted by atomic mass is 32.2. The molecule has 0 saturated carbocycles. The van der Waals surface area contributed by atoms with Gasteiger partial charge in [-0.1, -0.05) is 75.0 Å². The Bertz CT molecular complexity index is 1010. The van der Waals surface area contributed by atoms with E-state index in [2.05, 4.69) is 25.5 Å². The fraction of sp³-hybridized carbons (Fsp3) is 0.182. The average Bonchev–Trinajstić information content (AvgIpc) is 2.63. The molecule has 0 unspecified atom stereocenters. The minimum Gasteiger partial charge on any atom is -0.278 e. The summed E-state index contributed by atoms with van der Waals surface area (Å²) in [5.41, 5.74) is 1.65. The van der Waals surface area contributed by atoms with Crippen molar-refractivity contribution in [1.29, 1.82) is 0 Å². The lowest BCUT2D eigenvalue weighted by atomic mass is 9.87. The standard InChI is InChI=1S/C22H23NO2S2/c1-22(2,3)17-13-15-19(16-14-17)27(24,25)23-20-11-7-8-12-21(20)26-18-9-5-4-6-10-18/h4-16,23H,1-3H3. The van der Waals surface area contributed by atoms with Gasteiger partial charge in [0.1, 0.15) is 0 Å². The monoisotopic (exact) mass is 397 g/mol. The van der Waals surface area contributed by atoms with E-state index in [1.165, 1.54) is 11.8 Å². The first-order valence-corrected chi connectivity index (χ1v) is 11.0. The molecule has 0 aliphatic rings. The first-order valence-electron chi connectivity index (χ1n) is 8.71. The van der Waals surface area contributed by atoms with E-state index >= 15 is 0 Å². The predicted molar refractivity (Wildman–Crippen MR) is 113 cm³/mol. The van der Waals surface area contributed by atoms with Crippen LogP contribution in [0.5, 0.6) is 0 Å². The number of sulfonamides is 1. The van der Waals surface area contributed by atoms with Gasteiger partial charge in [-0.2, -0.15) is 0 Å². The molecule has 0 fully saturated rings. The molecule has 3 nitrogen and oxygen atoms in total. The quantitative estimate of drug-likeness (QED) is 0.580. The Balaban J connectivity index is 1.86. The first-order chi connectivity index (χ1) is 12.8. The molecule has 1 N–H and O–H groups in total. The third kappa shape index (κ3) is 4.93. The van der Waals surface area contributed by atoms with Crippen LogP contribution < -0.4 is 4.72 Å². The number of hydrogen-bond acceptors (Lipinski definition) is 3. The molecule has 0 aromatic heterocycles. The van der Waals surface area contributed by atoms with Gasteiger partial charge >= 0.3 is 0 Å². The van der Waals surface area contributed by atoms with Crippen LogP contribution in [0.4, 0.5) is 5.69 Å². The Morgan fingerprint density at radius 2 is 1.37 bits per heavy atom. The van der Waals surface area contributed by atoms with Gasteiger partial charge in [-0.25, -0.2) is 8.42 Å². The SMILES string of the molecule is CC(C)(C)c1ccc(S(=O)(=O)Nc2ccccc2Sc2ccccc2)cc1. The molecule has 5 heteroatoms. The minimum atomic E-state index is -3.65. The van der Waals surface area contributed by atoms with Crippen LogP contribution in [0, 0.1) is 0 Å². The van der Waals surface area contributed by atoms with Crippen LogP contribution in [0.25, 0.3) is 0 Å². The molecule has 0 bridgehead atoms. The summed E-state index contributed by atoms with van der Waals surface area (Å²) < 4.78 is 28.4. The van der Waals surface area contributed by atoms with Crippen LogP contribution in [0.3, 0.4) is 0 Å². The normalized spacial score (nSPS) is 12.0. The van der Waals surface area contributed by atoms with Crippen molar-refractivity contribution in [2.45, 2.75) is 40.9 Å². The van der Waals surface area contributed by atoms with Gasteiger partial charge in [-0.15, -0.1) is 0 Å². The molecular weight excluding hydrogens is 374 g/mol. The maximum Gasteiger partial charge on any atom is 0.261 e. The Labute approximate surface area is 165 Å². The van der Waals surface area contributed by atoms with Gasteiger partial charge in [-0.05, 0) is 47.4 Å². The smallest absolute Gasteiger partial charge is 0.261 e. The molecule has 0 amide bonds. The zero-order valence-electron chi connectivity index (χ0n) is 15.6. The van der Waals surface area contributed by atoms with Gasteiger partial charge in [0.25, 0.3) is 10.0 Å². The van der Waals surface area contributed by atoms with Crippen molar-refractivity contribution >= 4 is 27.5 Å². The number of nitrogens with one attached hydrogen (secondary N) is 1. The number of para-hydroxylation sites is 1. The van der Waals surface area contributed by atoms with Gasteiger partial charge in [0.2, 0.25) is 0 Å². The van der Waals surface area contributed by atoms with Crippen molar-refractivity contribution in [2.75, 3.05) is 4.72 Å². The molecule has 0 spiro atoms. The Morgan fingerprint density at radius 3 is 2.00 bits per heavy atom. The summed E-state index contributed by atoms with van der Waals surface area (Å²) in [5.74, 6) is 0. The van der Waals surface area contributed by atoms with Crippen molar-refractivity contribution < 1.29 is 8.42 Å². The highest BCUT2D eigenvalue weighted by molar-refractivity contribution is 7.99. The molecule has 140 valence electrons. The van der Waals surface area contributed by atoms with E-state index in [1.807, 2.05) is 60.7 Å². The number of rotatable bonds is 5. The van der Waals surface area contributed by atoms with E-state index in [0.29, 0.717) is 5.69 Å². The summed E-state index contributed by atoms with van der Waals surface area (Å²) >= 11 is 1.53.